The van der Waals surface area contributed by atoms with E-state index in [1.807, 2.05) is 6.92 Å². The molecule has 1 fully saturated rings. The van der Waals surface area contributed by atoms with Crippen molar-refractivity contribution < 1.29 is 4.79 Å². The molecule has 3 heteroatoms. The molecule has 0 aromatic rings. The van der Waals surface area contributed by atoms with Gasteiger partial charge in [0.1, 0.15) is 0 Å². The predicted octanol–water partition coefficient (Wildman–Crippen LogP) is 2.24. The second kappa shape index (κ2) is 7.49. The van der Waals surface area contributed by atoms with Gasteiger partial charge in [0.2, 0.25) is 5.91 Å². The highest BCUT2D eigenvalue weighted by Crippen LogP contribution is 2.26. The van der Waals surface area contributed by atoms with Crippen LogP contribution in [0.25, 0.3) is 0 Å². The average molecular weight is 238 g/mol. The first-order chi connectivity index (χ1) is 8.15. The minimum atomic E-state index is -0.119. The predicted molar refractivity (Wildman–Crippen MR) is 71.8 cm³/mol. The summed E-state index contributed by atoms with van der Waals surface area (Å²) in [6.45, 7) is 8.27. The van der Waals surface area contributed by atoms with Crippen LogP contribution in [0, 0.1) is 5.92 Å². The molecular formula is C14H26N2O. The highest BCUT2D eigenvalue weighted by Gasteiger charge is 2.22. The number of hydrogen-bond acceptors (Lipinski definition) is 2. The Morgan fingerprint density at radius 3 is 2.59 bits per heavy atom. The lowest BCUT2D eigenvalue weighted by molar-refractivity contribution is -0.122. The van der Waals surface area contributed by atoms with Crippen molar-refractivity contribution >= 4 is 5.91 Å². The van der Waals surface area contributed by atoms with Crippen LogP contribution in [0.1, 0.15) is 46.0 Å². The zero-order valence-electron chi connectivity index (χ0n) is 11.2. The lowest BCUT2D eigenvalue weighted by Crippen LogP contribution is -2.48. The zero-order chi connectivity index (χ0) is 12.7. The molecule has 0 aliphatic heterocycles. The molecule has 98 valence electrons. The zero-order valence-corrected chi connectivity index (χ0v) is 11.2. The largest absolute Gasteiger partial charge is 0.351 e. The molecule has 17 heavy (non-hydrogen) atoms. The molecule has 0 aromatic heterocycles. The normalized spacial score (nSPS) is 20.6. The Kier molecular flexibility index (Phi) is 6.27. The minimum Gasteiger partial charge on any atom is -0.351 e. The van der Waals surface area contributed by atoms with E-state index in [1.165, 1.54) is 32.1 Å². The SMILES string of the molecule is C=CCNC(=O)C(C)N[C@@H](C)C1CCCCC1. The fourth-order valence-electron chi connectivity index (χ4n) is 2.57. The van der Waals surface area contributed by atoms with Gasteiger partial charge in [-0.05, 0) is 32.6 Å². The smallest absolute Gasteiger partial charge is 0.237 e. The van der Waals surface area contributed by atoms with Gasteiger partial charge < -0.3 is 10.6 Å². The summed E-state index contributed by atoms with van der Waals surface area (Å²) in [6, 6.07) is 0.312. The maximum Gasteiger partial charge on any atom is 0.237 e. The summed E-state index contributed by atoms with van der Waals surface area (Å²) in [7, 11) is 0. The monoisotopic (exact) mass is 238 g/mol. The van der Waals surface area contributed by atoms with E-state index in [-0.39, 0.29) is 11.9 Å². The van der Waals surface area contributed by atoms with E-state index in [2.05, 4.69) is 24.1 Å². The van der Waals surface area contributed by atoms with E-state index in [4.69, 9.17) is 0 Å². The number of hydrogen-bond donors (Lipinski definition) is 2. The summed E-state index contributed by atoms with van der Waals surface area (Å²) in [4.78, 5) is 11.7. The van der Waals surface area contributed by atoms with Gasteiger partial charge in [-0.2, -0.15) is 0 Å². The van der Waals surface area contributed by atoms with E-state index in [1.54, 1.807) is 6.08 Å². The van der Waals surface area contributed by atoms with Crippen LogP contribution in [-0.4, -0.2) is 24.5 Å². The Balaban J connectivity index is 2.30. The van der Waals surface area contributed by atoms with Gasteiger partial charge >= 0.3 is 0 Å². The van der Waals surface area contributed by atoms with Gasteiger partial charge in [0.25, 0.3) is 0 Å². The third kappa shape index (κ3) is 4.90. The molecule has 1 aliphatic rings. The van der Waals surface area contributed by atoms with Gasteiger partial charge in [-0.15, -0.1) is 6.58 Å². The van der Waals surface area contributed by atoms with E-state index in [0.717, 1.165) is 5.92 Å². The van der Waals surface area contributed by atoms with Crippen LogP contribution in [0.3, 0.4) is 0 Å². The van der Waals surface area contributed by atoms with Crippen LogP contribution < -0.4 is 10.6 Å². The Labute approximate surface area is 105 Å². The van der Waals surface area contributed by atoms with E-state index >= 15 is 0 Å². The van der Waals surface area contributed by atoms with Crippen molar-refractivity contribution in [2.45, 2.75) is 58.0 Å². The second-order valence-corrected chi connectivity index (χ2v) is 5.11. The van der Waals surface area contributed by atoms with Crippen LogP contribution in [0.4, 0.5) is 0 Å². The van der Waals surface area contributed by atoms with Crippen molar-refractivity contribution in [1.82, 2.24) is 10.6 Å². The number of rotatable bonds is 6. The number of carbonyl (C=O) groups excluding carboxylic acids is 1. The highest BCUT2D eigenvalue weighted by molar-refractivity contribution is 5.81. The summed E-state index contributed by atoms with van der Waals surface area (Å²) in [5.74, 6) is 0.797. The molecule has 0 bridgehead atoms. The fourth-order valence-corrected chi connectivity index (χ4v) is 2.57. The van der Waals surface area contributed by atoms with Crippen molar-refractivity contribution in [1.29, 1.82) is 0 Å². The Hall–Kier alpha value is -0.830. The summed E-state index contributed by atoms with van der Waals surface area (Å²) >= 11 is 0. The molecule has 1 aliphatic carbocycles. The first-order valence-electron chi connectivity index (χ1n) is 6.79. The third-order valence-electron chi connectivity index (χ3n) is 3.68. The Morgan fingerprint density at radius 2 is 2.00 bits per heavy atom. The average Bonchev–Trinajstić information content (AvgIpc) is 2.36. The maximum atomic E-state index is 11.7. The van der Waals surface area contributed by atoms with Gasteiger partial charge in [0.05, 0.1) is 6.04 Å². The standard InChI is InChI=1S/C14H26N2O/c1-4-10-15-14(17)12(3)16-11(2)13-8-6-5-7-9-13/h4,11-13,16H,1,5-10H2,2-3H3,(H,15,17)/t11-,12?/m0/s1. The van der Waals surface area contributed by atoms with Gasteiger partial charge in [0, 0.05) is 12.6 Å². The maximum absolute atomic E-state index is 11.7. The molecular weight excluding hydrogens is 212 g/mol. The molecule has 1 amide bonds. The molecule has 0 saturated heterocycles. The fraction of sp³-hybridized carbons (Fsp3) is 0.786. The quantitative estimate of drug-likeness (QED) is 0.697. The molecule has 2 N–H and O–H groups in total. The molecule has 1 rings (SSSR count). The van der Waals surface area contributed by atoms with E-state index < -0.39 is 0 Å². The van der Waals surface area contributed by atoms with Crippen LogP contribution in [0.2, 0.25) is 0 Å². The number of carbonyl (C=O) groups is 1. The van der Waals surface area contributed by atoms with Gasteiger partial charge in [-0.1, -0.05) is 25.3 Å². The lowest BCUT2D eigenvalue weighted by Gasteiger charge is -2.30. The second-order valence-electron chi connectivity index (χ2n) is 5.11. The van der Waals surface area contributed by atoms with E-state index in [0.29, 0.717) is 12.6 Å². The number of nitrogens with one attached hydrogen (secondary N) is 2. The first kappa shape index (κ1) is 14.2. The minimum absolute atomic E-state index is 0.0626. The molecule has 1 unspecified atom stereocenters. The molecule has 1 saturated carbocycles. The van der Waals surface area contributed by atoms with Gasteiger partial charge in [0.15, 0.2) is 0 Å². The van der Waals surface area contributed by atoms with Crippen LogP contribution in [0.15, 0.2) is 12.7 Å². The number of amides is 1. The molecule has 0 radical (unpaired) electrons. The molecule has 0 spiro atoms. The van der Waals surface area contributed by atoms with Crippen molar-refractivity contribution in [3.05, 3.63) is 12.7 Å². The van der Waals surface area contributed by atoms with Crippen molar-refractivity contribution in [2.75, 3.05) is 6.54 Å². The van der Waals surface area contributed by atoms with Crippen molar-refractivity contribution in [3.63, 3.8) is 0 Å². The lowest BCUT2D eigenvalue weighted by atomic mass is 9.84. The van der Waals surface area contributed by atoms with Crippen LogP contribution in [0.5, 0.6) is 0 Å². The molecule has 3 nitrogen and oxygen atoms in total. The van der Waals surface area contributed by atoms with E-state index in [9.17, 15) is 4.79 Å². The molecule has 0 aromatic carbocycles. The summed E-state index contributed by atoms with van der Waals surface area (Å²) in [6.07, 6.45) is 8.36. The third-order valence-corrected chi connectivity index (χ3v) is 3.68. The summed E-state index contributed by atoms with van der Waals surface area (Å²) in [5, 5.41) is 6.23. The molecule has 2 atom stereocenters. The summed E-state index contributed by atoms with van der Waals surface area (Å²) < 4.78 is 0. The van der Waals surface area contributed by atoms with Crippen molar-refractivity contribution in [3.8, 4) is 0 Å². The summed E-state index contributed by atoms with van der Waals surface area (Å²) in [5.41, 5.74) is 0. The Morgan fingerprint density at radius 1 is 1.35 bits per heavy atom. The van der Waals surface area contributed by atoms with Crippen molar-refractivity contribution in [2.24, 2.45) is 5.92 Å². The highest BCUT2D eigenvalue weighted by atomic mass is 16.2. The van der Waals surface area contributed by atoms with Gasteiger partial charge in [-0.25, -0.2) is 0 Å². The van der Waals surface area contributed by atoms with Crippen LogP contribution >= 0.6 is 0 Å². The topological polar surface area (TPSA) is 41.1 Å². The Bertz CT molecular complexity index is 247. The molecule has 0 heterocycles. The first-order valence-corrected chi connectivity index (χ1v) is 6.79. The van der Waals surface area contributed by atoms with Crippen LogP contribution in [-0.2, 0) is 4.79 Å². The van der Waals surface area contributed by atoms with Gasteiger partial charge in [-0.3, -0.25) is 4.79 Å².